The number of hydrogen-bond acceptors (Lipinski definition) is 2. The predicted octanol–water partition coefficient (Wildman–Crippen LogP) is 1.82. The van der Waals surface area contributed by atoms with Crippen LogP contribution in [0.25, 0.3) is 0 Å². The van der Waals surface area contributed by atoms with Gasteiger partial charge in [-0.2, -0.15) is 0 Å². The second kappa shape index (κ2) is 4.60. The molecule has 3 heteroatoms. The molecule has 0 aromatic carbocycles. The van der Waals surface area contributed by atoms with Crippen molar-refractivity contribution < 1.29 is 4.79 Å². The lowest BCUT2D eigenvalue weighted by Gasteiger charge is -2.28. The Bertz CT molecular complexity index is 293. The van der Waals surface area contributed by atoms with Crippen LogP contribution in [0.2, 0.25) is 0 Å². The van der Waals surface area contributed by atoms with Gasteiger partial charge in [-0.05, 0) is 43.9 Å². The molecule has 2 bridgehead atoms. The van der Waals surface area contributed by atoms with Gasteiger partial charge in [0.2, 0.25) is 5.91 Å². The van der Waals surface area contributed by atoms with Crippen molar-refractivity contribution in [2.75, 3.05) is 0 Å². The summed E-state index contributed by atoms with van der Waals surface area (Å²) in [5.74, 6) is 1.70. The van der Waals surface area contributed by atoms with E-state index in [1.54, 1.807) is 0 Å². The quantitative estimate of drug-likeness (QED) is 0.782. The zero-order valence-corrected chi connectivity index (χ0v) is 10.7. The molecular formula is C14H24N2O. The van der Waals surface area contributed by atoms with Crippen LogP contribution < -0.4 is 10.6 Å². The number of fused-ring (bicyclic) bond motifs is 2. The summed E-state index contributed by atoms with van der Waals surface area (Å²) in [7, 11) is 0. The SMILES string of the molecule is CCC1CC1NC(=O)CC1CC2CCC(C1)N2. The van der Waals surface area contributed by atoms with Gasteiger partial charge in [-0.1, -0.05) is 13.3 Å². The van der Waals surface area contributed by atoms with Crippen molar-refractivity contribution in [1.82, 2.24) is 10.6 Å². The number of amides is 1. The van der Waals surface area contributed by atoms with E-state index in [0.29, 0.717) is 30.0 Å². The third-order valence-corrected chi connectivity index (χ3v) is 4.84. The molecule has 2 aliphatic heterocycles. The Morgan fingerprint density at radius 2 is 1.94 bits per heavy atom. The van der Waals surface area contributed by atoms with Crippen molar-refractivity contribution >= 4 is 5.91 Å². The molecule has 96 valence electrons. The first kappa shape index (κ1) is 11.5. The van der Waals surface area contributed by atoms with Gasteiger partial charge in [0.1, 0.15) is 0 Å². The summed E-state index contributed by atoms with van der Waals surface area (Å²) < 4.78 is 0. The van der Waals surface area contributed by atoms with E-state index in [4.69, 9.17) is 0 Å². The molecule has 2 saturated heterocycles. The molecule has 3 fully saturated rings. The molecule has 3 nitrogen and oxygen atoms in total. The third-order valence-electron chi connectivity index (χ3n) is 4.84. The van der Waals surface area contributed by atoms with E-state index in [9.17, 15) is 4.79 Å². The highest BCUT2D eigenvalue weighted by atomic mass is 16.1. The van der Waals surface area contributed by atoms with Crippen LogP contribution in [0.4, 0.5) is 0 Å². The van der Waals surface area contributed by atoms with Crippen molar-refractivity contribution in [3.63, 3.8) is 0 Å². The molecular weight excluding hydrogens is 212 g/mol. The van der Waals surface area contributed by atoms with Gasteiger partial charge in [0, 0.05) is 24.5 Å². The summed E-state index contributed by atoms with van der Waals surface area (Å²) in [6, 6.07) is 1.91. The van der Waals surface area contributed by atoms with E-state index in [1.165, 1.54) is 38.5 Å². The van der Waals surface area contributed by atoms with Gasteiger partial charge in [0.15, 0.2) is 0 Å². The monoisotopic (exact) mass is 236 g/mol. The average molecular weight is 236 g/mol. The minimum Gasteiger partial charge on any atom is -0.353 e. The molecule has 4 atom stereocenters. The maximum absolute atomic E-state index is 11.9. The second-order valence-electron chi connectivity index (χ2n) is 6.26. The van der Waals surface area contributed by atoms with Crippen LogP contribution in [0, 0.1) is 11.8 Å². The van der Waals surface area contributed by atoms with Gasteiger partial charge in [-0.25, -0.2) is 0 Å². The molecule has 17 heavy (non-hydrogen) atoms. The summed E-state index contributed by atoms with van der Waals surface area (Å²) in [5.41, 5.74) is 0. The van der Waals surface area contributed by atoms with E-state index in [1.807, 2.05) is 0 Å². The van der Waals surface area contributed by atoms with Crippen LogP contribution in [0.5, 0.6) is 0 Å². The van der Waals surface area contributed by atoms with Crippen LogP contribution >= 0.6 is 0 Å². The highest BCUT2D eigenvalue weighted by Gasteiger charge is 2.38. The Labute approximate surface area is 104 Å². The summed E-state index contributed by atoms with van der Waals surface area (Å²) >= 11 is 0. The largest absolute Gasteiger partial charge is 0.353 e. The van der Waals surface area contributed by atoms with Gasteiger partial charge < -0.3 is 10.6 Å². The maximum atomic E-state index is 11.9. The normalized spacial score (nSPS) is 43.5. The molecule has 1 aliphatic carbocycles. The lowest BCUT2D eigenvalue weighted by Crippen LogP contribution is -2.40. The number of piperidine rings is 1. The Morgan fingerprint density at radius 1 is 1.24 bits per heavy atom. The van der Waals surface area contributed by atoms with Gasteiger partial charge in [0.25, 0.3) is 0 Å². The maximum Gasteiger partial charge on any atom is 0.220 e. The van der Waals surface area contributed by atoms with Crippen molar-refractivity contribution in [3.8, 4) is 0 Å². The van der Waals surface area contributed by atoms with Crippen molar-refractivity contribution in [1.29, 1.82) is 0 Å². The van der Waals surface area contributed by atoms with E-state index in [2.05, 4.69) is 17.6 Å². The lowest BCUT2D eigenvalue weighted by atomic mass is 9.89. The van der Waals surface area contributed by atoms with Crippen molar-refractivity contribution in [2.24, 2.45) is 11.8 Å². The van der Waals surface area contributed by atoms with Crippen LogP contribution in [0.3, 0.4) is 0 Å². The van der Waals surface area contributed by atoms with E-state index < -0.39 is 0 Å². The zero-order valence-electron chi connectivity index (χ0n) is 10.7. The second-order valence-corrected chi connectivity index (χ2v) is 6.26. The van der Waals surface area contributed by atoms with E-state index >= 15 is 0 Å². The van der Waals surface area contributed by atoms with Gasteiger partial charge in [0.05, 0.1) is 0 Å². The molecule has 0 aromatic heterocycles. The third kappa shape index (κ3) is 2.65. The van der Waals surface area contributed by atoms with Crippen LogP contribution in [-0.2, 0) is 4.79 Å². The van der Waals surface area contributed by atoms with Gasteiger partial charge in [-0.3, -0.25) is 4.79 Å². The van der Waals surface area contributed by atoms with E-state index in [-0.39, 0.29) is 0 Å². The first-order valence-electron chi connectivity index (χ1n) is 7.30. The molecule has 4 unspecified atom stereocenters. The molecule has 0 radical (unpaired) electrons. The van der Waals surface area contributed by atoms with Crippen molar-refractivity contribution in [2.45, 2.75) is 70.0 Å². The standard InChI is InChI=1S/C14H24N2O/c1-2-10-8-13(10)16-14(17)7-9-5-11-3-4-12(6-9)15-11/h9-13,15H,2-8H2,1H3,(H,16,17). The van der Waals surface area contributed by atoms with Crippen molar-refractivity contribution in [3.05, 3.63) is 0 Å². The van der Waals surface area contributed by atoms with Crippen LogP contribution in [0.1, 0.15) is 51.9 Å². The number of nitrogens with one attached hydrogen (secondary N) is 2. The Kier molecular flexibility index (Phi) is 3.12. The number of carbonyl (C=O) groups excluding carboxylic acids is 1. The fraction of sp³-hybridized carbons (Fsp3) is 0.929. The smallest absolute Gasteiger partial charge is 0.220 e. The number of hydrogen-bond donors (Lipinski definition) is 2. The first-order valence-corrected chi connectivity index (χ1v) is 7.30. The highest BCUT2D eigenvalue weighted by molar-refractivity contribution is 5.77. The fourth-order valence-corrected chi connectivity index (χ4v) is 3.75. The molecule has 2 heterocycles. The van der Waals surface area contributed by atoms with Crippen LogP contribution in [-0.4, -0.2) is 24.0 Å². The molecule has 0 aromatic rings. The van der Waals surface area contributed by atoms with Gasteiger partial charge in [-0.15, -0.1) is 0 Å². The molecule has 1 saturated carbocycles. The Morgan fingerprint density at radius 3 is 2.53 bits per heavy atom. The molecule has 0 spiro atoms. The minimum absolute atomic E-state index is 0.303. The predicted molar refractivity (Wildman–Crippen MR) is 67.6 cm³/mol. The fourth-order valence-electron chi connectivity index (χ4n) is 3.75. The Balaban J connectivity index is 1.42. The summed E-state index contributed by atoms with van der Waals surface area (Å²) in [6.07, 6.45) is 8.26. The minimum atomic E-state index is 0.303. The number of rotatable bonds is 4. The van der Waals surface area contributed by atoms with Crippen LogP contribution in [0.15, 0.2) is 0 Å². The zero-order chi connectivity index (χ0) is 11.8. The summed E-state index contributed by atoms with van der Waals surface area (Å²) in [4.78, 5) is 11.9. The van der Waals surface area contributed by atoms with E-state index in [0.717, 1.165) is 12.3 Å². The first-order chi connectivity index (χ1) is 8.24. The Hall–Kier alpha value is -0.570. The molecule has 3 rings (SSSR count). The molecule has 1 amide bonds. The van der Waals surface area contributed by atoms with Gasteiger partial charge >= 0.3 is 0 Å². The topological polar surface area (TPSA) is 41.1 Å². The molecule has 2 N–H and O–H groups in total. The average Bonchev–Trinajstić information content (AvgIpc) is 2.96. The number of carbonyl (C=O) groups is 1. The summed E-state index contributed by atoms with van der Waals surface area (Å²) in [6.45, 7) is 2.21. The molecule has 3 aliphatic rings. The summed E-state index contributed by atoms with van der Waals surface area (Å²) in [5, 5.41) is 6.82. The highest BCUT2D eigenvalue weighted by Crippen LogP contribution is 2.35. The lowest BCUT2D eigenvalue weighted by molar-refractivity contribution is -0.122.